The van der Waals surface area contributed by atoms with Crippen LogP contribution in [-0.2, 0) is 0 Å². The fraction of sp³-hybridized carbons (Fsp3) is 0.182. The zero-order valence-corrected chi connectivity index (χ0v) is 11.6. The van der Waals surface area contributed by atoms with Crippen LogP contribution in [-0.4, -0.2) is 12.1 Å². The van der Waals surface area contributed by atoms with Crippen molar-refractivity contribution in [1.29, 1.82) is 0 Å². The van der Waals surface area contributed by atoms with Gasteiger partial charge in [-0.2, -0.15) is 0 Å². The fourth-order valence-electron chi connectivity index (χ4n) is 1.60. The summed E-state index contributed by atoms with van der Waals surface area (Å²) in [6, 6.07) is 5.55. The Morgan fingerprint density at radius 3 is 3.00 bits per heavy atom. The number of aromatic nitrogens is 1. The monoisotopic (exact) mass is 313 g/mol. The molecule has 2 heterocycles. The average Bonchev–Trinajstić information content (AvgIpc) is 2.77. The van der Waals surface area contributed by atoms with E-state index in [2.05, 4.69) is 26.3 Å². The number of rotatable bonds is 4. The van der Waals surface area contributed by atoms with E-state index in [9.17, 15) is 0 Å². The average molecular weight is 314 g/mol. The van der Waals surface area contributed by atoms with Crippen molar-refractivity contribution in [1.82, 2.24) is 10.4 Å². The lowest BCUT2D eigenvalue weighted by atomic mass is 10.1. The lowest BCUT2D eigenvalue weighted by Crippen LogP contribution is -2.29. The summed E-state index contributed by atoms with van der Waals surface area (Å²) in [5.74, 6) is 6.33. The maximum atomic E-state index is 5.61. The SMILES string of the molecule is COc1cccnc1C(NN)c1csc(Br)c1. The summed E-state index contributed by atoms with van der Waals surface area (Å²) >= 11 is 5.04. The van der Waals surface area contributed by atoms with Crippen LogP contribution in [0, 0.1) is 0 Å². The molecule has 0 radical (unpaired) electrons. The molecule has 2 aromatic rings. The first-order valence-electron chi connectivity index (χ1n) is 4.95. The second-order valence-electron chi connectivity index (χ2n) is 3.37. The van der Waals surface area contributed by atoms with Gasteiger partial charge in [-0.15, -0.1) is 11.3 Å². The molecule has 3 N–H and O–H groups in total. The first kappa shape index (κ1) is 12.5. The Hall–Kier alpha value is -0.950. The largest absolute Gasteiger partial charge is 0.495 e. The van der Waals surface area contributed by atoms with Crippen LogP contribution < -0.4 is 16.0 Å². The Balaban J connectivity index is 2.41. The highest BCUT2D eigenvalue weighted by atomic mass is 79.9. The summed E-state index contributed by atoms with van der Waals surface area (Å²) in [5, 5.41) is 2.03. The van der Waals surface area contributed by atoms with Crippen LogP contribution in [0.4, 0.5) is 0 Å². The van der Waals surface area contributed by atoms with Gasteiger partial charge in [0.1, 0.15) is 11.4 Å². The molecular weight excluding hydrogens is 302 g/mol. The summed E-state index contributed by atoms with van der Waals surface area (Å²) < 4.78 is 6.35. The molecule has 2 aromatic heterocycles. The van der Waals surface area contributed by atoms with Crippen molar-refractivity contribution in [3.63, 3.8) is 0 Å². The maximum Gasteiger partial charge on any atom is 0.142 e. The van der Waals surface area contributed by atoms with E-state index in [0.717, 1.165) is 20.8 Å². The summed E-state index contributed by atoms with van der Waals surface area (Å²) in [6.45, 7) is 0. The first-order valence-corrected chi connectivity index (χ1v) is 6.62. The number of halogens is 1. The number of hydrogen-bond acceptors (Lipinski definition) is 5. The Morgan fingerprint density at radius 2 is 2.41 bits per heavy atom. The van der Waals surface area contributed by atoms with Gasteiger partial charge in [0.25, 0.3) is 0 Å². The van der Waals surface area contributed by atoms with Crippen molar-refractivity contribution >= 4 is 27.3 Å². The number of pyridine rings is 1. The smallest absolute Gasteiger partial charge is 0.142 e. The summed E-state index contributed by atoms with van der Waals surface area (Å²) in [7, 11) is 1.62. The highest BCUT2D eigenvalue weighted by molar-refractivity contribution is 9.11. The Bertz CT molecular complexity index is 503. The van der Waals surface area contributed by atoms with Crippen LogP contribution in [0.25, 0.3) is 0 Å². The molecule has 0 aliphatic carbocycles. The van der Waals surface area contributed by atoms with Gasteiger partial charge < -0.3 is 4.74 Å². The van der Waals surface area contributed by atoms with Gasteiger partial charge in [-0.1, -0.05) is 0 Å². The molecule has 0 aliphatic heterocycles. The minimum atomic E-state index is -0.173. The normalized spacial score (nSPS) is 12.4. The number of nitrogens with zero attached hydrogens (tertiary/aromatic N) is 1. The minimum absolute atomic E-state index is 0.173. The number of nitrogens with one attached hydrogen (secondary N) is 1. The third kappa shape index (κ3) is 2.66. The maximum absolute atomic E-state index is 5.61. The van der Waals surface area contributed by atoms with Crippen LogP contribution >= 0.6 is 27.3 Å². The number of hydrazine groups is 1. The molecule has 0 amide bonds. The van der Waals surface area contributed by atoms with E-state index in [0.29, 0.717) is 0 Å². The van der Waals surface area contributed by atoms with Crippen LogP contribution in [0.2, 0.25) is 0 Å². The molecular formula is C11H12BrN3OS. The molecule has 0 saturated carbocycles. The van der Waals surface area contributed by atoms with E-state index in [4.69, 9.17) is 10.6 Å². The van der Waals surface area contributed by atoms with Crippen molar-refractivity contribution in [2.75, 3.05) is 7.11 Å². The molecule has 0 fully saturated rings. The van der Waals surface area contributed by atoms with Gasteiger partial charge in [-0.25, -0.2) is 5.43 Å². The fourth-order valence-corrected chi connectivity index (χ4v) is 2.80. The van der Waals surface area contributed by atoms with Crippen molar-refractivity contribution in [3.8, 4) is 5.75 Å². The third-order valence-electron chi connectivity index (χ3n) is 2.38. The highest BCUT2D eigenvalue weighted by Gasteiger charge is 2.19. The second kappa shape index (κ2) is 5.59. The molecule has 0 aromatic carbocycles. The zero-order chi connectivity index (χ0) is 12.3. The lowest BCUT2D eigenvalue weighted by Gasteiger charge is -2.16. The number of methoxy groups -OCH3 is 1. The van der Waals surface area contributed by atoms with E-state index in [1.807, 2.05) is 23.6 Å². The van der Waals surface area contributed by atoms with Crippen molar-refractivity contribution in [2.45, 2.75) is 6.04 Å². The topological polar surface area (TPSA) is 60.2 Å². The molecule has 1 unspecified atom stereocenters. The van der Waals surface area contributed by atoms with Crippen molar-refractivity contribution in [3.05, 3.63) is 44.8 Å². The van der Waals surface area contributed by atoms with Gasteiger partial charge in [0, 0.05) is 6.20 Å². The van der Waals surface area contributed by atoms with Crippen LogP contribution in [0.3, 0.4) is 0 Å². The molecule has 17 heavy (non-hydrogen) atoms. The molecule has 0 aliphatic rings. The number of thiophene rings is 1. The van der Waals surface area contributed by atoms with Crippen molar-refractivity contribution in [2.24, 2.45) is 5.84 Å². The van der Waals surface area contributed by atoms with Crippen LogP contribution in [0.5, 0.6) is 5.75 Å². The molecule has 90 valence electrons. The molecule has 6 heteroatoms. The predicted molar refractivity (Wildman–Crippen MR) is 72.0 cm³/mol. The Morgan fingerprint density at radius 1 is 1.59 bits per heavy atom. The first-order chi connectivity index (χ1) is 8.26. The third-order valence-corrected chi connectivity index (χ3v) is 3.90. The molecule has 1 atom stereocenters. The molecule has 0 bridgehead atoms. The van der Waals surface area contributed by atoms with E-state index in [1.54, 1.807) is 24.6 Å². The van der Waals surface area contributed by atoms with E-state index < -0.39 is 0 Å². The van der Waals surface area contributed by atoms with Crippen LogP contribution in [0.1, 0.15) is 17.3 Å². The van der Waals surface area contributed by atoms with E-state index in [1.165, 1.54) is 0 Å². The molecule has 0 saturated heterocycles. The van der Waals surface area contributed by atoms with Gasteiger partial charge in [-0.05, 0) is 45.1 Å². The standard InChI is InChI=1S/C11H12BrN3OS/c1-16-8-3-2-4-14-11(8)10(15-13)7-5-9(12)17-6-7/h2-6,10,15H,13H2,1H3. The molecule has 0 spiro atoms. The molecule has 2 rings (SSSR count). The van der Waals surface area contributed by atoms with Gasteiger partial charge >= 0.3 is 0 Å². The molecule has 4 nitrogen and oxygen atoms in total. The van der Waals surface area contributed by atoms with E-state index in [-0.39, 0.29) is 6.04 Å². The number of nitrogens with two attached hydrogens (primary N) is 1. The minimum Gasteiger partial charge on any atom is -0.495 e. The number of hydrogen-bond donors (Lipinski definition) is 2. The second-order valence-corrected chi connectivity index (χ2v) is 5.67. The lowest BCUT2D eigenvalue weighted by molar-refractivity contribution is 0.400. The Labute approximate surface area is 112 Å². The highest BCUT2D eigenvalue weighted by Crippen LogP contribution is 2.31. The summed E-state index contributed by atoms with van der Waals surface area (Å²) in [4.78, 5) is 4.33. The quantitative estimate of drug-likeness (QED) is 0.672. The summed E-state index contributed by atoms with van der Waals surface area (Å²) in [6.07, 6.45) is 1.73. The van der Waals surface area contributed by atoms with Gasteiger partial charge in [0.2, 0.25) is 0 Å². The number of ether oxygens (including phenoxy) is 1. The van der Waals surface area contributed by atoms with Gasteiger partial charge in [0.05, 0.1) is 16.9 Å². The van der Waals surface area contributed by atoms with Crippen molar-refractivity contribution < 1.29 is 4.74 Å². The van der Waals surface area contributed by atoms with Crippen LogP contribution in [0.15, 0.2) is 33.6 Å². The zero-order valence-electron chi connectivity index (χ0n) is 9.18. The van der Waals surface area contributed by atoms with E-state index >= 15 is 0 Å². The predicted octanol–water partition coefficient (Wildman–Crippen LogP) is 2.47. The summed E-state index contributed by atoms with van der Waals surface area (Å²) in [5.41, 5.74) is 4.60. The van der Waals surface area contributed by atoms with Gasteiger partial charge in [-0.3, -0.25) is 10.8 Å². The van der Waals surface area contributed by atoms with Gasteiger partial charge in [0.15, 0.2) is 0 Å². The Kier molecular flexibility index (Phi) is 4.11.